The molecule has 0 radical (unpaired) electrons. The number of benzene rings is 1. The minimum atomic E-state index is -0.265. The fraction of sp³-hybridized carbons (Fsp3) is 0.647. The summed E-state index contributed by atoms with van der Waals surface area (Å²) < 4.78 is 13.9. The Morgan fingerprint density at radius 3 is 2.58 bits per heavy atom. The van der Waals surface area contributed by atoms with Crippen molar-refractivity contribution in [3.63, 3.8) is 0 Å². The Kier molecular flexibility index (Phi) is 4.00. The summed E-state index contributed by atoms with van der Waals surface area (Å²) in [6, 6.07) is 7.05. The van der Waals surface area contributed by atoms with Crippen LogP contribution in [0.2, 0.25) is 0 Å². The van der Waals surface area contributed by atoms with E-state index in [0.29, 0.717) is 12.3 Å². The molecule has 19 heavy (non-hydrogen) atoms. The van der Waals surface area contributed by atoms with Crippen molar-refractivity contribution < 1.29 is 4.39 Å². The standard InChI is InChI=1S/C17H26FN/c1-16(2,3)15-10-6-7-11-17(15,19)12-13-8-4-5-9-14(13)18/h4-5,8-9,15H,6-7,10-12,19H2,1-3H3. The van der Waals surface area contributed by atoms with Crippen molar-refractivity contribution in [2.75, 3.05) is 0 Å². The summed E-state index contributed by atoms with van der Waals surface area (Å²) in [5.41, 5.74) is 7.40. The quantitative estimate of drug-likeness (QED) is 0.845. The predicted molar refractivity (Wildman–Crippen MR) is 78.4 cm³/mol. The van der Waals surface area contributed by atoms with Gasteiger partial charge in [0.2, 0.25) is 0 Å². The molecule has 0 heterocycles. The van der Waals surface area contributed by atoms with Crippen LogP contribution >= 0.6 is 0 Å². The Balaban J connectivity index is 2.26. The second kappa shape index (κ2) is 5.24. The second-order valence-electron chi connectivity index (χ2n) is 7.17. The van der Waals surface area contributed by atoms with E-state index in [0.717, 1.165) is 24.8 Å². The second-order valence-corrected chi connectivity index (χ2v) is 7.17. The Bertz CT molecular complexity index is 435. The average molecular weight is 263 g/mol. The molecule has 2 heteroatoms. The van der Waals surface area contributed by atoms with Crippen LogP contribution in [-0.4, -0.2) is 5.54 Å². The molecular weight excluding hydrogens is 237 g/mol. The number of hydrogen-bond acceptors (Lipinski definition) is 1. The van der Waals surface area contributed by atoms with Crippen molar-refractivity contribution >= 4 is 0 Å². The number of nitrogens with two attached hydrogens (primary N) is 1. The smallest absolute Gasteiger partial charge is 0.126 e. The molecule has 1 saturated carbocycles. The lowest BCUT2D eigenvalue weighted by Gasteiger charge is -2.48. The molecule has 0 amide bonds. The Hall–Kier alpha value is -0.890. The summed E-state index contributed by atoms with van der Waals surface area (Å²) in [5.74, 6) is 0.332. The minimum Gasteiger partial charge on any atom is -0.325 e. The molecule has 2 N–H and O–H groups in total. The molecule has 1 aliphatic rings. The Morgan fingerprint density at radius 2 is 1.95 bits per heavy atom. The van der Waals surface area contributed by atoms with Gasteiger partial charge in [0, 0.05) is 5.54 Å². The van der Waals surface area contributed by atoms with E-state index in [1.807, 2.05) is 12.1 Å². The highest BCUT2D eigenvalue weighted by atomic mass is 19.1. The molecule has 1 aromatic carbocycles. The summed E-state index contributed by atoms with van der Waals surface area (Å²) in [7, 11) is 0. The molecule has 0 spiro atoms. The lowest BCUT2D eigenvalue weighted by Crippen LogP contribution is -2.55. The fourth-order valence-corrected chi connectivity index (χ4v) is 3.77. The van der Waals surface area contributed by atoms with Gasteiger partial charge in [-0.3, -0.25) is 0 Å². The number of hydrogen-bond donors (Lipinski definition) is 1. The monoisotopic (exact) mass is 263 g/mol. The Morgan fingerprint density at radius 1 is 1.26 bits per heavy atom. The maximum absolute atomic E-state index is 13.9. The zero-order valence-corrected chi connectivity index (χ0v) is 12.4. The van der Waals surface area contributed by atoms with Crippen molar-refractivity contribution in [2.24, 2.45) is 17.1 Å². The summed E-state index contributed by atoms with van der Waals surface area (Å²) in [6.07, 6.45) is 5.23. The summed E-state index contributed by atoms with van der Waals surface area (Å²) >= 11 is 0. The normalized spacial score (nSPS) is 28.4. The van der Waals surface area contributed by atoms with Crippen LogP contribution in [0.1, 0.15) is 52.0 Å². The number of rotatable bonds is 2. The molecule has 2 unspecified atom stereocenters. The van der Waals surface area contributed by atoms with Crippen LogP contribution in [0.25, 0.3) is 0 Å². The largest absolute Gasteiger partial charge is 0.325 e. The zero-order chi connectivity index (χ0) is 14.1. The summed E-state index contributed by atoms with van der Waals surface area (Å²) in [5, 5.41) is 0. The van der Waals surface area contributed by atoms with Gasteiger partial charge in [-0.25, -0.2) is 4.39 Å². The average Bonchev–Trinajstić information content (AvgIpc) is 2.31. The third-order valence-corrected chi connectivity index (χ3v) is 4.60. The van der Waals surface area contributed by atoms with Crippen LogP contribution < -0.4 is 5.73 Å². The van der Waals surface area contributed by atoms with Crippen LogP contribution in [0.5, 0.6) is 0 Å². The van der Waals surface area contributed by atoms with Gasteiger partial charge < -0.3 is 5.73 Å². The van der Waals surface area contributed by atoms with Crippen LogP contribution in [0.4, 0.5) is 4.39 Å². The van der Waals surface area contributed by atoms with Gasteiger partial charge >= 0.3 is 0 Å². The summed E-state index contributed by atoms with van der Waals surface area (Å²) in [4.78, 5) is 0. The number of halogens is 1. The molecule has 1 fully saturated rings. The Labute approximate surface area is 116 Å². The van der Waals surface area contributed by atoms with Gasteiger partial charge in [0.25, 0.3) is 0 Å². The van der Waals surface area contributed by atoms with E-state index < -0.39 is 0 Å². The lowest BCUT2D eigenvalue weighted by atomic mass is 9.61. The van der Waals surface area contributed by atoms with Gasteiger partial charge in [0.1, 0.15) is 5.82 Å². The van der Waals surface area contributed by atoms with E-state index in [2.05, 4.69) is 20.8 Å². The van der Waals surface area contributed by atoms with Crippen LogP contribution in [-0.2, 0) is 6.42 Å². The van der Waals surface area contributed by atoms with Crippen molar-refractivity contribution in [3.05, 3.63) is 35.6 Å². The minimum absolute atomic E-state index is 0.120. The first-order valence-electron chi connectivity index (χ1n) is 7.35. The molecule has 0 aromatic heterocycles. The van der Waals surface area contributed by atoms with Crippen molar-refractivity contribution in [3.8, 4) is 0 Å². The van der Waals surface area contributed by atoms with Crippen LogP contribution in [0.3, 0.4) is 0 Å². The van der Waals surface area contributed by atoms with Gasteiger partial charge in [-0.15, -0.1) is 0 Å². The molecule has 2 rings (SSSR count). The topological polar surface area (TPSA) is 26.0 Å². The highest BCUT2D eigenvalue weighted by Gasteiger charge is 2.43. The molecule has 1 aliphatic carbocycles. The van der Waals surface area contributed by atoms with Crippen molar-refractivity contribution in [1.29, 1.82) is 0 Å². The van der Waals surface area contributed by atoms with Crippen LogP contribution in [0, 0.1) is 17.2 Å². The first-order chi connectivity index (χ1) is 8.83. The molecule has 2 atom stereocenters. The first-order valence-corrected chi connectivity index (χ1v) is 7.35. The predicted octanol–water partition coefficient (Wildman–Crippen LogP) is 4.30. The van der Waals surface area contributed by atoms with E-state index >= 15 is 0 Å². The highest BCUT2D eigenvalue weighted by molar-refractivity contribution is 5.21. The van der Waals surface area contributed by atoms with E-state index in [1.165, 1.54) is 12.5 Å². The maximum atomic E-state index is 13.9. The molecular formula is C17H26FN. The van der Waals surface area contributed by atoms with Crippen molar-refractivity contribution in [2.45, 2.75) is 58.4 Å². The maximum Gasteiger partial charge on any atom is 0.126 e. The molecule has 106 valence electrons. The molecule has 1 aromatic rings. The molecule has 1 nitrogen and oxygen atoms in total. The van der Waals surface area contributed by atoms with Gasteiger partial charge in [-0.2, -0.15) is 0 Å². The summed E-state index contributed by atoms with van der Waals surface area (Å²) in [6.45, 7) is 6.77. The zero-order valence-electron chi connectivity index (χ0n) is 12.4. The lowest BCUT2D eigenvalue weighted by molar-refractivity contribution is 0.0787. The third kappa shape index (κ3) is 3.17. The van der Waals surface area contributed by atoms with Crippen LogP contribution in [0.15, 0.2) is 24.3 Å². The molecule has 0 bridgehead atoms. The molecule has 0 saturated heterocycles. The van der Waals surface area contributed by atoms with E-state index in [-0.39, 0.29) is 16.8 Å². The van der Waals surface area contributed by atoms with E-state index in [9.17, 15) is 4.39 Å². The van der Waals surface area contributed by atoms with Gasteiger partial charge in [0.15, 0.2) is 0 Å². The first kappa shape index (κ1) is 14.5. The highest BCUT2D eigenvalue weighted by Crippen LogP contribution is 2.44. The van der Waals surface area contributed by atoms with E-state index in [1.54, 1.807) is 6.07 Å². The van der Waals surface area contributed by atoms with E-state index in [4.69, 9.17) is 5.73 Å². The third-order valence-electron chi connectivity index (χ3n) is 4.60. The van der Waals surface area contributed by atoms with Gasteiger partial charge in [-0.1, -0.05) is 51.8 Å². The van der Waals surface area contributed by atoms with Gasteiger partial charge in [-0.05, 0) is 42.2 Å². The fourth-order valence-electron chi connectivity index (χ4n) is 3.77. The van der Waals surface area contributed by atoms with Gasteiger partial charge in [0.05, 0.1) is 0 Å². The molecule has 0 aliphatic heterocycles. The van der Waals surface area contributed by atoms with Crippen molar-refractivity contribution in [1.82, 2.24) is 0 Å². The SMILES string of the molecule is CC(C)(C)C1CCCCC1(N)Cc1ccccc1F.